The van der Waals surface area contributed by atoms with Crippen molar-refractivity contribution in [3.8, 4) is 11.8 Å². The van der Waals surface area contributed by atoms with Gasteiger partial charge in [-0.2, -0.15) is 5.26 Å². The minimum atomic E-state index is -0.855. The van der Waals surface area contributed by atoms with E-state index in [0.717, 1.165) is 5.56 Å². The van der Waals surface area contributed by atoms with Crippen LogP contribution in [0.1, 0.15) is 24.1 Å². The number of carbonyl (C=O) groups excluding carboxylic acids is 1. The highest BCUT2D eigenvalue weighted by atomic mass is 19.1. The predicted molar refractivity (Wildman–Crippen MR) is 84.2 cm³/mol. The van der Waals surface area contributed by atoms with Crippen molar-refractivity contribution in [2.45, 2.75) is 26.0 Å². The predicted octanol–water partition coefficient (Wildman–Crippen LogP) is 3.28. The summed E-state index contributed by atoms with van der Waals surface area (Å²) >= 11 is 0. The summed E-state index contributed by atoms with van der Waals surface area (Å²) in [4.78, 5) is 12.2. The van der Waals surface area contributed by atoms with Crippen LogP contribution in [0.15, 0.2) is 48.5 Å². The summed E-state index contributed by atoms with van der Waals surface area (Å²) in [6.45, 7) is 3.54. The summed E-state index contributed by atoms with van der Waals surface area (Å²) in [5, 5.41) is 11.8. The van der Waals surface area contributed by atoms with Gasteiger partial charge in [0.2, 0.25) is 0 Å². The molecule has 1 amide bonds. The second-order valence-corrected chi connectivity index (χ2v) is 5.20. The zero-order valence-corrected chi connectivity index (χ0v) is 12.9. The van der Waals surface area contributed by atoms with Crippen molar-refractivity contribution in [1.82, 2.24) is 5.32 Å². The maximum atomic E-state index is 12.9. The minimum absolute atomic E-state index is 0.395. The first-order valence-electron chi connectivity index (χ1n) is 7.18. The minimum Gasteiger partial charge on any atom is -0.481 e. The number of hydrogen-bond acceptors (Lipinski definition) is 3. The van der Waals surface area contributed by atoms with Crippen LogP contribution < -0.4 is 10.1 Å². The molecular weight excluding hydrogens is 295 g/mol. The molecule has 0 heterocycles. The topological polar surface area (TPSA) is 62.1 Å². The van der Waals surface area contributed by atoms with Gasteiger partial charge in [-0.15, -0.1) is 0 Å². The van der Waals surface area contributed by atoms with E-state index < -0.39 is 23.9 Å². The molecule has 0 spiro atoms. The molecule has 0 aliphatic rings. The monoisotopic (exact) mass is 312 g/mol. The number of halogens is 1. The number of nitrogens with zero attached hydrogens (tertiary/aromatic N) is 1. The van der Waals surface area contributed by atoms with Gasteiger partial charge in [0, 0.05) is 0 Å². The van der Waals surface area contributed by atoms with Crippen LogP contribution in [0.25, 0.3) is 0 Å². The number of amides is 1. The molecule has 0 saturated heterocycles. The molecule has 0 fully saturated rings. The number of nitriles is 1. The molecule has 23 heavy (non-hydrogen) atoms. The van der Waals surface area contributed by atoms with Crippen molar-refractivity contribution in [3.63, 3.8) is 0 Å². The number of benzene rings is 2. The summed E-state index contributed by atoms with van der Waals surface area (Å²) in [6.07, 6.45) is -0.756. The molecule has 2 rings (SSSR count). The Hall–Kier alpha value is -2.87. The van der Waals surface area contributed by atoms with Crippen molar-refractivity contribution in [2.24, 2.45) is 0 Å². The largest absolute Gasteiger partial charge is 0.481 e. The fraction of sp³-hybridized carbons (Fsp3) is 0.222. The number of rotatable bonds is 5. The Bertz CT molecular complexity index is 723. The lowest BCUT2D eigenvalue weighted by Gasteiger charge is -2.17. The Morgan fingerprint density at radius 3 is 2.57 bits per heavy atom. The fourth-order valence-corrected chi connectivity index (χ4v) is 2.05. The lowest BCUT2D eigenvalue weighted by atomic mass is 10.1. The molecular formula is C18H17FN2O2. The smallest absolute Gasteiger partial charge is 0.262 e. The first kappa shape index (κ1) is 16.5. The van der Waals surface area contributed by atoms with E-state index in [1.165, 1.54) is 24.3 Å². The van der Waals surface area contributed by atoms with Crippen LogP contribution in [0, 0.1) is 24.1 Å². The van der Waals surface area contributed by atoms with Crippen LogP contribution >= 0.6 is 0 Å². The van der Waals surface area contributed by atoms with Gasteiger partial charge >= 0.3 is 0 Å². The lowest BCUT2D eigenvalue weighted by molar-refractivity contribution is -0.127. The van der Waals surface area contributed by atoms with E-state index in [1.807, 2.05) is 31.2 Å². The fourth-order valence-electron chi connectivity index (χ4n) is 2.05. The standard InChI is InChI=1S/C18H17FN2O2/c1-12-4-3-5-16(10-12)23-13(2)18(22)21-17(11-20)14-6-8-15(19)9-7-14/h3-10,13,17H,1-2H3,(H,21,22)/t13-,17+/m1/s1. The van der Waals surface area contributed by atoms with Crippen LogP contribution in [-0.2, 0) is 4.79 Å². The molecule has 118 valence electrons. The van der Waals surface area contributed by atoms with Gasteiger partial charge in [0.05, 0.1) is 6.07 Å². The van der Waals surface area contributed by atoms with Gasteiger partial charge in [-0.25, -0.2) is 4.39 Å². The third kappa shape index (κ3) is 4.55. The van der Waals surface area contributed by atoms with Gasteiger partial charge in [-0.1, -0.05) is 24.3 Å². The van der Waals surface area contributed by atoms with Crippen LogP contribution in [0.2, 0.25) is 0 Å². The Balaban J connectivity index is 2.01. The Kier molecular flexibility index (Phi) is 5.32. The van der Waals surface area contributed by atoms with E-state index in [0.29, 0.717) is 11.3 Å². The molecule has 1 N–H and O–H groups in total. The number of hydrogen-bond donors (Lipinski definition) is 1. The third-order valence-corrected chi connectivity index (χ3v) is 3.29. The number of carbonyl (C=O) groups is 1. The highest BCUT2D eigenvalue weighted by Gasteiger charge is 2.20. The highest BCUT2D eigenvalue weighted by molar-refractivity contribution is 5.81. The molecule has 4 nitrogen and oxygen atoms in total. The van der Waals surface area contributed by atoms with Gasteiger partial charge in [-0.3, -0.25) is 4.79 Å². The van der Waals surface area contributed by atoms with Crippen molar-refractivity contribution < 1.29 is 13.9 Å². The lowest BCUT2D eigenvalue weighted by Crippen LogP contribution is -2.38. The summed E-state index contributed by atoms with van der Waals surface area (Å²) in [6, 6.07) is 13.9. The highest BCUT2D eigenvalue weighted by Crippen LogP contribution is 2.16. The maximum Gasteiger partial charge on any atom is 0.262 e. The van der Waals surface area contributed by atoms with E-state index in [2.05, 4.69) is 5.32 Å². The van der Waals surface area contributed by atoms with Gasteiger partial charge < -0.3 is 10.1 Å². The maximum absolute atomic E-state index is 12.9. The van der Waals surface area contributed by atoms with Crippen molar-refractivity contribution >= 4 is 5.91 Å². The Morgan fingerprint density at radius 1 is 1.26 bits per heavy atom. The molecule has 0 radical (unpaired) electrons. The Morgan fingerprint density at radius 2 is 1.96 bits per heavy atom. The van der Waals surface area contributed by atoms with Gasteiger partial charge in [-0.05, 0) is 49.2 Å². The van der Waals surface area contributed by atoms with Gasteiger partial charge in [0.25, 0.3) is 5.91 Å². The van der Waals surface area contributed by atoms with Gasteiger partial charge in [0.1, 0.15) is 17.6 Å². The van der Waals surface area contributed by atoms with Crippen molar-refractivity contribution in [3.05, 3.63) is 65.5 Å². The number of nitrogens with one attached hydrogen (secondary N) is 1. The summed E-state index contributed by atoms with van der Waals surface area (Å²) in [5.74, 6) is -0.224. The van der Waals surface area contributed by atoms with Crippen LogP contribution in [0.4, 0.5) is 4.39 Å². The first-order chi connectivity index (χ1) is 11.0. The molecule has 5 heteroatoms. The van der Waals surface area contributed by atoms with E-state index in [9.17, 15) is 14.4 Å². The second-order valence-electron chi connectivity index (χ2n) is 5.20. The molecule has 0 aliphatic carbocycles. The van der Waals surface area contributed by atoms with E-state index in [-0.39, 0.29) is 0 Å². The summed E-state index contributed by atoms with van der Waals surface area (Å²) in [5.41, 5.74) is 1.54. The number of aryl methyl sites for hydroxylation is 1. The molecule has 2 aromatic rings. The zero-order valence-electron chi connectivity index (χ0n) is 12.9. The van der Waals surface area contributed by atoms with E-state index in [1.54, 1.807) is 13.0 Å². The molecule has 0 aliphatic heterocycles. The van der Waals surface area contributed by atoms with Gasteiger partial charge in [0.15, 0.2) is 6.10 Å². The first-order valence-corrected chi connectivity index (χ1v) is 7.18. The molecule has 0 saturated carbocycles. The molecule has 0 aromatic heterocycles. The zero-order chi connectivity index (χ0) is 16.8. The third-order valence-electron chi connectivity index (χ3n) is 3.29. The summed E-state index contributed by atoms with van der Waals surface area (Å²) < 4.78 is 18.5. The summed E-state index contributed by atoms with van der Waals surface area (Å²) in [7, 11) is 0. The normalized spacial score (nSPS) is 12.8. The van der Waals surface area contributed by atoms with E-state index in [4.69, 9.17) is 4.74 Å². The van der Waals surface area contributed by atoms with E-state index >= 15 is 0 Å². The molecule has 0 bridgehead atoms. The van der Waals surface area contributed by atoms with Crippen molar-refractivity contribution in [2.75, 3.05) is 0 Å². The van der Waals surface area contributed by atoms with Crippen molar-refractivity contribution in [1.29, 1.82) is 5.26 Å². The average Bonchev–Trinajstić information content (AvgIpc) is 2.53. The number of ether oxygens (including phenoxy) is 1. The average molecular weight is 312 g/mol. The molecule has 2 aromatic carbocycles. The van der Waals surface area contributed by atoms with Crippen LogP contribution in [-0.4, -0.2) is 12.0 Å². The second kappa shape index (κ2) is 7.41. The van der Waals surface area contributed by atoms with Crippen LogP contribution in [0.5, 0.6) is 5.75 Å². The SMILES string of the molecule is Cc1cccc(O[C@H](C)C(=O)N[C@@H](C#N)c2ccc(F)cc2)c1. The van der Waals surface area contributed by atoms with Crippen LogP contribution in [0.3, 0.4) is 0 Å². The quantitative estimate of drug-likeness (QED) is 0.921. The Labute approximate surface area is 134 Å². The molecule has 2 atom stereocenters. The molecule has 0 unspecified atom stereocenters.